The standard InChI is InChI=1S/C23H20N4O/c1-2-16-8-10-19(11-9-16)27-23(28)18-13-20(15-24-14-18)26-21-7-3-5-17-6-4-12-25-22(17)21/h3-15,26H,2H2,1H3,(H,27,28). The molecule has 0 aliphatic carbocycles. The monoisotopic (exact) mass is 368 g/mol. The SMILES string of the molecule is CCc1ccc(NC(=O)c2cncc(Nc3cccc4cccnc34)c2)cc1. The van der Waals surface area contributed by atoms with Crippen LogP contribution in [0.2, 0.25) is 0 Å². The van der Waals surface area contributed by atoms with E-state index in [-0.39, 0.29) is 5.91 Å². The molecule has 1 amide bonds. The van der Waals surface area contributed by atoms with Crippen molar-refractivity contribution < 1.29 is 4.79 Å². The lowest BCUT2D eigenvalue weighted by molar-refractivity contribution is 0.102. The van der Waals surface area contributed by atoms with E-state index in [1.54, 1.807) is 24.7 Å². The van der Waals surface area contributed by atoms with E-state index in [4.69, 9.17) is 0 Å². The number of amides is 1. The topological polar surface area (TPSA) is 66.9 Å². The second kappa shape index (κ2) is 7.88. The Morgan fingerprint density at radius 2 is 1.79 bits per heavy atom. The number of fused-ring (bicyclic) bond motifs is 1. The number of hydrogen-bond donors (Lipinski definition) is 2. The summed E-state index contributed by atoms with van der Waals surface area (Å²) in [6.07, 6.45) is 5.98. The Balaban J connectivity index is 1.54. The van der Waals surface area contributed by atoms with Crippen molar-refractivity contribution in [2.75, 3.05) is 10.6 Å². The normalized spacial score (nSPS) is 10.6. The molecule has 5 nitrogen and oxygen atoms in total. The Labute approximate surface area is 163 Å². The summed E-state index contributed by atoms with van der Waals surface area (Å²) >= 11 is 0. The van der Waals surface area contributed by atoms with Crippen molar-refractivity contribution in [3.8, 4) is 0 Å². The van der Waals surface area contributed by atoms with Crippen molar-refractivity contribution >= 4 is 33.9 Å². The van der Waals surface area contributed by atoms with Crippen LogP contribution in [0.15, 0.2) is 79.3 Å². The molecule has 28 heavy (non-hydrogen) atoms. The Kier molecular flexibility index (Phi) is 4.97. The van der Waals surface area contributed by atoms with Gasteiger partial charge in [0.2, 0.25) is 0 Å². The van der Waals surface area contributed by atoms with Crippen molar-refractivity contribution in [3.05, 3.63) is 90.4 Å². The highest BCUT2D eigenvalue weighted by molar-refractivity contribution is 6.04. The van der Waals surface area contributed by atoms with Crippen LogP contribution in [-0.4, -0.2) is 15.9 Å². The maximum Gasteiger partial charge on any atom is 0.257 e. The number of rotatable bonds is 5. The number of aromatic nitrogens is 2. The molecular weight excluding hydrogens is 348 g/mol. The average Bonchev–Trinajstić information content (AvgIpc) is 2.75. The van der Waals surface area contributed by atoms with Gasteiger partial charge in [-0.15, -0.1) is 0 Å². The molecule has 5 heteroatoms. The largest absolute Gasteiger partial charge is 0.352 e. The highest BCUT2D eigenvalue weighted by Gasteiger charge is 2.09. The number of aryl methyl sites for hydroxylation is 1. The number of carbonyl (C=O) groups is 1. The summed E-state index contributed by atoms with van der Waals surface area (Å²) in [5.74, 6) is -0.198. The first kappa shape index (κ1) is 17.7. The van der Waals surface area contributed by atoms with Gasteiger partial charge in [0.05, 0.1) is 28.7 Å². The first-order valence-electron chi connectivity index (χ1n) is 9.19. The first-order valence-corrected chi connectivity index (χ1v) is 9.19. The van der Waals surface area contributed by atoms with Gasteiger partial charge in [-0.3, -0.25) is 14.8 Å². The van der Waals surface area contributed by atoms with E-state index in [9.17, 15) is 4.79 Å². The lowest BCUT2D eigenvalue weighted by Gasteiger charge is -2.10. The average molecular weight is 368 g/mol. The molecule has 0 spiro atoms. The van der Waals surface area contributed by atoms with Gasteiger partial charge in [-0.05, 0) is 42.3 Å². The number of anilines is 3. The fourth-order valence-electron chi connectivity index (χ4n) is 3.02. The minimum absolute atomic E-state index is 0.198. The molecule has 138 valence electrons. The van der Waals surface area contributed by atoms with Crippen molar-refractivity contribution in [1.29, 1.82) is 0 Å². The fourth-order valence-corrected chi connectivity index (χ4v) is 3.02. The molecule has 0 atom stereocenters. The maximum absolute atomic E-state index is 12.6. The molecule has 0 saturated heterocycles. The summed E-state index contributed by atoms with van der Waals surface area (Å²) in [7, 11) is 0. The summed E-state index contributed by atoms with van der Waals surface area (Å²) in [5.41, 5.74) is 4.95. The third kappa shape index (κ3) is 3.83. The van der Waals surface area contributed by atoms with Gasteiger partial charge in [0.25, 0.3) is 5.91 Å². The van der Waals surface area contributed by atoms with Gasteiger partial charge < -0.3 is 10.6 Å². The maximum atomic E-state index is 12.6. The molecule has 0 fully saturated rings. The Hall–Kier alpha value is -3.73. The van der Waals surface area contributed by atoms with Crippen LogP contribution in [0.25, 0.3) is 10.9 Å². The van der Waals surface area contributed by atoms with Crippen LogP contribution in [0.4, 0.5) is 17.1 Å². The van der Waals surface area contributed by atoms with Crippen molar-refractivity contribution in [2.24, 2.45) is 0 Å². The highest BCUT2D eigenvalue weighted by Crippen LogP contribution is 2.24. The molecule has 0 unspecified atom stereocenters. The van der Waals surface area contributed by atoms with Crippen LogP contribution < -0.4 is 10.6 Å². The van der Waals surface area contributed by atoms with Gasteiger partial charge in [0, 0.05) is 23.5 Å². The molecule has 0 saturated carbocycles. The van der Waals surface area contributed by atoms with Crippen LogP contribution >= 0.6 is 0 Å². The molecular formula is C23H20N4O. The number of carbonyl (C=O) groups excluding carboxylic acids is 1. The number of para-hydroxylation sites is 1. The lowest BCUT2D eigenvalue weighted by atomic mass is 10.1. The molecule has 2 aromatic carbocycles. The Bertz CT molecular complexity index is 1120. The summed E-state index contributed by atoms with van der Waals surface area (Å²) in [6.45, 7) is 2.10. The summed E-state index contributed by atoms with van der Waals surface area (Å²) in [5, 5.41) is 7.27. The minimum atomic E-state index is -0.198. The second-order valence-corrected chi connectivity index (χ2v) is 6.47. The van der Waals surface area contributed by atoms with Gasteiger partial charge >= 0.3 is 0 Å². The summed E-state index contributed by atoms with van der Waals surface area (Å²) in [6, 6.07) is 19.5. The van der Waals surface area contributed by atoms with Gasteiger partial charge in [0.15, 0.2) is 0 Å². The van der Waals surface area contributed by atoms with E-state index in [0.717, 1.165) is 34.4 Å². The Morgan fingerprint density at radius 1 is 0.964 bits per heavy atom. The van der Waals surface area contributed by atoms with Crippen molar-refractivity contribution in [1.82, 2.24) is 9.97 Å². The quantitative estimate of drug-likeness (QED) is 0.509. The number of benzene rings is 2. The van der Waals surface area contributed by atoms with E-state index in [0.29, 0.717) is 5.56 Å². The number of nitrogens with zero attached hydrogens (tertiary/aromatic N) is 2. The van der Waals surface area contributed by atoms with Gasteiger partial charge in [-0.2, -0.15) is 0 Å². The van der Waals surface area contributed by atoms with E-state index in [2.05, 4.69) is 27.5 Å². The number of hydrogen-bond acceptors (Lipinski definition) is 4. The van der Waals surface area contributed by atoms with Crippen LogP contribution in [0.1, 0.15) is 22.8 Å². The molecule has 0 aliphatic heterocycles. The Morgan fingerprint density at radius 3 is 2.61 bits per heavy atom. The van der Waals surface area contributed by atoms with Crippen molar-refractivity contribution in [3.63, 3.8) is 0 Å². The van der Waals surface area contributed by atoms with Crippen LogP contribution in [0, 0.1) is 0 Å². The zero-order chi connectivity index (χ0) is 19.3. The molecule has 0 aliphatic rings. The molecule has 2 aromatic heterocycles. The zero-order valence-corrected chi connectivity index (χ0v) is 15.5. The zero-order valence-electron chi connectivity index (χ0n) is 15.5. The molecule has 0 bridgehead atoms. The lowest BCUT2D eigenvalue weighted by Crippen LogP contribution is -2.12. The molecule has 2 N–H and O–H groups in total. The third-order valence-electron chi connectivity index (χ3n) is 4.53. The third-order valence-corrected chi connectivity index (χ3v) is 4.53. The molecule has 2 heterocycles. The molecule has 4 aromatic rings. The van der Waals surface area contributed by atoms with Crippen LogP contribution in [0.5, 0.6) is 0 Å². The second-order valence-electron chi connectivity index (χ2n) is 6.47. The van der Waals surface area contributed by atoms with Gasteiger partial charge in [-0.1, -0.05) is 37.3 Å². The van der Waals surface area contributed by atoms with E-state index in [1.165, 1.54) is 5.56 Å². The first-order chi connectivity index (χ1) is 13.7. The molecule has 0 radical (unpaired) electrons. The predicted octanol–water partition coefficient (Wildman–Crippen LogP) is 5.19. The van der Waals surface area contributed by atoms with Gasteiger partial charge in [-0.25, -0.2) is 0 Å². The predicted molar refractivity (Wildman–Crippen MR) is 113 cm³/mol. The number of pyridine rings is 2. The number of nitrogens with one attached hydrogen (secondary N) is 2. The van der Waals surface area contributed by atoms with Crippen LogP contribution in [-0.2, 0) is 6.42 Å². The minimum Gasteiger partial charge on any atom is -0.352 e. The smallest absolute Gasteiger partial charge is 0.257 e. The fraction of sp³-hybridized carbons (Fsp3) is 0.0870. The van der Waals surface area contributed by atoms with E-state index < -0.39 is 0 Å². The highest BCUT2D eigenvalue weighted by atomic mass is 16.1. The van der Waals surface area contributed by atoms with Gasteiger partial charge in [0.1, 0.15) is 0 Å². The molecule has 4 rings (SSSR count). The summed E-state index contributed by atoms with van der Waals surface area (Å²) in [4.78, 5) is 21.2. The van der Waals surface area contributed by atoms with Crippen LogP contribution in [0.3, 0.4) is 0 Å². The van der Waals surface area contributed by atoms with Crippen molar-refractivity contribution in [2.45, 2.75) is 13.3 Å². The van der Waals surface area contributed by atoms with E-state index in [1.807, 2.05) is 54.6 Å². The summed E-state index contributed by atoms with van der Waals surface area (Å²) < 4.78 is 0. The van der Waals surface area contributed by atoms with E-state index >= 15 is 0 Å².